The predicted molar refractivity (Wildman–Crippen MR) is 93.0 cm³/mol. The number of nitrogens with one attached hydrogen (secondary N) is 2. The molecule has 0 radical (unpaired) electrons. The van der Waals surface area contributed by atoms with Crippen LogP contribution in [0, 0.1) is 5.92 Å². The van der Waals surface area contributed by atoms with Gasteiger partial charge in [-0.3, -0.25) is 14.5 Å². The van der Waals surface area contributed by atoms with Crippen LogP contribution in [0.3, 0.4) is 0 Å². The third-order valence-corrected chi connectivity index (χ3v) is 5.39. The van der Waals surface area contributed by atoms with Gasteiger partial charge in [0.05, 0.1) is 25.0 Å². The van der Waals surface area contributed by atoms with Crippen molar-refractivity contribution in [2.75, 3.05) is 18.4 Å². The highest BCUT2D eigenvalue weighted by Gasteiger charge is 2.31. The largest absolute Gasteiger partial charge is 0.467 e. The zero-order chi connectivity index (χ0) is 17.2. The van der Waals surface area contributed by atoms with Gasteiger partial charge in [-0.2, -0.15) is 0 Å². The van der Waals surface area contributed by atoms with E-state index >= 15 is 0 Å². The number of carbonyl (C=O) groups is 2. The van der Waals surface area contributed by atoms with Crippen molar-refractivity contribution in [2.24, 2.45) is 5.92 Å². The number of nitrogens with zero attached hydrogens (tertiary/aromatic N) is 2. The molecule has 132 valence electrons. The fourth-order valence-electron chi connectivity index (χ4n) is 2.85. The standard InChI is InChI=1S/C17H20N4O3S/c22-15(18-8-12-2-1-7-24-12)10-21-6-5-13-14(9-21)25-17(19-13)20-16(23)11-3-4-11/h1-2,7,11H,3-6,8-10H2,(H,18,22)(H,19,20,23). The van der Waals surface area contributed by atoms with Gasteiger partial charge in [0, 0.05) is 30.3 Å². The molecule has 25 heavy (non-hydrogen) atoms. The summed E-state index contributed by atoms with van der Waals surface area (Å²) in [5.74, 6) is 0.981. The van der Waals surface area contributed by atoms with E-state index in [1.165, 1.54) is 11.3 Å². The number of thiazole rings is 1. The van der Waals surface area contributed by atoms with E-state index in [0.717, 1.165) is 42.1 Å². The Morgan fingerprint density at radius 1 is 1.40 bits per heavy atom. The van der Waals surface area contributed by atoms with E-state index in [1.54, 1.807) is 12.3 Å². The minimum absolute atomic E-state index is 0.0216. The molecule has 0 unspecified atom stereocenters. The first-order valence-electron chi connectivity index (χ1n) is 8.48. The van der Waals surface area contributed by atoms with E-state index in [2.05, 4.69) is 20.5 Å². The molecule has 2 aromatic heterocycles. The topological polar surface area (TPSA) is 87.5 Å². The number of hydrogen-bond donors (Lipinski definition) is 2. The number of furan rings is 1. The van der Waals surface area contributed by atoms with E-state index in [0.29, 0.717) is 24.8 Å². The highest BCUT2D eigenvalue weighted by atomic mass is 32.1. The molecule has 0 saturated heterocycles. The van der Waals surface area contributed by atoms with Gasteiger partial charge in [-0.15, -0.1) is 11.3 Å². The third kappa shape index (κ3) is 4.08. The van der Waals surface area contributed by atoms with Crippen LogP contribution in [-0.2, 0) is 29.1 Å². The Morgan fingerprint density at radius 3 is 3.04 bits per heavy atom. The number of anilines is 1. The Balaban J connectivity index is 1.29. The fraction of sp³-hybridized carbons (Fsp3) is 0.471. The summed E-state index contributed by atoms with van der Waals surface area (Å²) in [5.41, 5.74) is 1.04. The predicted octanol–water partition coefficient (Wildman–Crippen LogP) is 1.76. The van der Waals surface area contributed by atoms with Crippen molar-refractivity contribution in [1.29, 1.82) is 0 Å². The second-order valence-corrected chi connectivity index (χ2v) is 7.55. The summed E-state index contributed by atoms with van der Waals surface area (Å²) in [6.07, 6.45) is 4.36. The smallest absolute Gasteiger partial charge is 0.234 e. The lowest BCUT2D eigenvalue weighted by Gasteiger charge is -2.24. The molecule has 2 amide bonds. The average molecular weight is 360 g/mol. The molecule has 4 rings (SSSR count). The van der Waals surface area contributed by atoms with Gasteiger partial charge in [-0.05, 0) is 25.0 Å². The van der Waals surface area contributed by atoms with Gasteiger partial charge >= 0.3 is 0 Å². The first kappa shape index (κ1) is 16.3. The van der Waals surface area contributed by atoms with Crippen LogP contribution in [-0.4, -0.2) is 34.8 Å². The second kappa shape index (κ2) is 6.97. The Hall–Kier alpha value is -2.19. The average Bonchev–Trinajstić information content (AvgIpc) is 3.17. The van der Waals surface area contributed by atoms with Gasteiger partial charge in [-0.1, -0.05) is 0 Å². The van der Waals surface area contributed by atoms with E-state index < -0.39 is 0 Å². The highest BCUT2D eigenvalue weighted by Crippen LogP contribution is 2.32. The number of hydrogen-bond acceptors (Lipinski definition) is 6. The second-order valence-electron chi connectivity index (χ2n) is 6.47. The highest BCUT2D eigenvalue weighted by molar-refractivity contribution is 7.15. The molecule has 1 aliphatic heterocycles. The van der Waals surface area contributed by atoms with E-state index in [9.17, 15) is 9.59 Å². The maximum atomic E-state index is 12.1. The maximum Gasteiger partial charge on any atom is 0.234 e. The number of amides is 2. The normalized spacial score (nSPS) is 17.1. The zero-order valence-corrected chi connectivity index (χ0v) is 14.6. The summed E-state index contributed by atoms with van der Waals surface area (Å²) in [6.45, 7) is 2.24. The number of aromatic nitrogens is 1. The third-order valence-electron chi connectivity index (χ3n) is 4.40. The minimum Gasteiger partial charge on any atom is -0.467 e. The minimum atomic E-state index is -0.0216. The van der Waals surface area contributed by atoms with Gasteiger partial charge in [-0.25, -0.2) is 4.98 Å². The van der Waals surface area contributed by atoms with Gasteiger partial charge < -0.3 is 15.1 Å². The molecule has 0 atom stereocenters. The number of carbonyl (C=O) groups excluding carboxylic acids is 2. The quantitative estimate of drug-likeness (QED) is 0.820. The summed E-state index contributed by atoms with van der Waals surface area (Å²) in [6, 6.07) is 3.64. The van der Waals surface area contributed by atoms with Crippen molar-refractivity contribution in [2.45, 2.75) is 32.4 Å². The van der Waals surface area contributed by atoms with E-state index in [-0.39, 0.29) is 17.7 Å². The number of fused-ring (bicyclic) bond motifs is 1. The Kier molecular flexibility index (Phi) is 4.54. The Labute approximate surface area is 149 Å². The summed E-state index contributed by atoms with van der Waals surface area (Å²) >= 11 is 1.52. The van der Waals surface area contributed by atoms with Crippen LogP contribution < -0.4 is 10.6 Å². The lowest BCUT2D eigenvalue weighted by atomic mass is 10.2. The lowest BCUT2D eigenvalue weighted by Crippen LogP contribution is -2.39. The summed E-state index contributed by atoms with van der Waals surface area (Å²) in [4.78, 5) is 31.7. The molecule has 1 fully saturated rings. The molecule has 1 aliphatic carbocycles. The van der Waals surface area contributed by atoms with Crippen LogP contribution in [0.4, 0.5) is 5.13 Å². The van der Waals surface area contributed by atoms with E-state index in [1.807, 2.05) is 6.07 Å². The van der Waals surface area contributed by atoms with Crippen LogP contribution in [0.1, 0.15) is 29.2 Å². The molecule has 2 aliphatic rings. The summed E-state index contributed by atoms with van der Waals surface area (Å²) < 4.78 is 5.21. The maximum absolute atomic E-state index is 12.1. The van der Waals surface area contributed by atoms with Gasteiger partial charge in [0.25, 0.3) is 0 Å². The SMILES string of the molecule is O=C(CN1CCc2nc(NC(=O)C3CC3)sc2C1)NCc1ccco1. The van der Waals surface area contributed by atoms with Crippen molar-refractivity contribution in [1.82, 2.24) is 15.2 Å². The Morgan fingerprint density at radius 2 is 2.28 bits per heavy atom. The first-order valence-corrected chi connectivity index (χ1v) is 9.30. The first-order chi connectivity index (χ1) is 12.2. The molecule has 1 saturated carbocycles. The van der Waals surface area contributed by atoms with Crippen LogP contribution in [0.2, 0.25) is 0 Å². The van der Waals surface area contributed by atoms with Crippen molar-refractivity contribution in [3.05, 3.63) is 34.7 Å². The summed E-state index contributed by atoms with van der Waals surface area (Å²) in [5, 5.41) is 6.46. The fourth-order valence-corrected chi connectivity index (χ4v) is 3.90. The van der Waals surface area contributed by atoms with Gasteiger partial charge in [0.2, 0.25) is 11.8 Å². The lowest BCUT2D eigenvalue weighted by molar-refractivity contribution is -0.122. The molecule has 2 aromatic rings. The molecule has 7 nitrogen and oxygen atoms in total. The van der Waals surface area contributed by atoms with Crippen LogP contribution in [0.25, 0.3) is 0 Å². The van der Waals surface area contributed by atoms with Crippen molar-refractivity contribution in [3.8, 4) is 0 Å². The molecule has 0 bridgehead atoms. The molecular formula is C17H20N4O3S. The monoisotopic (exact) mass is 360 g/mol. The molecule has 2 N–H and O–H groups in total. The van der Waals surface area contributed by atoms with Crippen molar-refractivity contribution >= 4 is 28.3 Å². The van der Waals surface area contributed by atoms with Crippen molar-refractivity contribution < 1.29 is 14.0 Å². The zero-order valence-electron chi connectivity index (χ0n) is 13.8. The van der Waals surface area contributed by atoms with E-state index in [4.69, 9.17) is 4.42 Å². The molecule has 0 aromatic carbocycles. The molecule has 8 heteroatoms. The van der Waals surface area contributed by atoms with Gasteiger partial charge in [0.1, 0.15) is 5.76 Å². The van der Waals surface area contributed by atoms with Crippen LogP contribution in [0.15, 0.2) is 22.8 Å². The van der Waals surface area contributed by atoms with Crippen LogP contribution >= 0.6 is 11.3 Å². The van der Waals surface area contributed by atoms with Crippen LogP contribution in [0.5, 0.6) is 0 Å². The molecular weight excluding hydrogens is 340 g/mol. The molecule has 0 spiro atoms. The van der Waals surface area contributed by atoms with Crippen molar-refractivity contribution in [3.63, 3.8) is 0 Å². The summed E-state index contributed by atoms with van der Waals surface area (Å²) in [7, 11) is 0. The van der Waals surface area contributed by atoms with Gasteiger partial charge in [0.15, 0.2) is 5.13 Å². The Bertz CT molecular complexity index is 767. The molecule has 3 heterocycles. The number of rotatable bonds is 6.